The maximum atomic E-state index is 9.64. The maximum Gasteiger partial charge on any atom is 0.136 e. The molecule has 0 radical (unpaired) electrons. The van der Waals surface area contributed by atoms with E-state index in [9.17, 15) is 2.74 Å². The van der Waals surface area contributed by atoms with E-state index in [4.69, 9.17) is 15.4 Å². The van der Waals surface area contributed by atoms with Gasteiger partial charge in [-0.3, -0.25) is 0 Å². The molecular weight excluding hydrogens is 569 g/mol. The second kappa shape index (κ2) is 10.2. The van der Waals surface area contributed by atoms with E-state index in [1.165, 1.54) is 6.07 Å². The molecule has 0 saturated carbocycles. The Morgan fingerprint density at radius 3 is 1.72 bits per heavy atom. The Labute approximate surface area is 286 Å². The summed E-state index contributed by atoms with van der Waals surface area (Å²) in [6.45, 7) is 0. The van der Waals surface area contributed by atoms with Crippen LogP contribution in [0.5, 0.6) is 0 Å². The number of benzene rings is 9. The first-order chi connectivity index (χ1) is 27.5. The summed E-state index contributed by atoms with van der Waals surface area (Å²) in [7, 11) is 0. The van der Waals surface area contributed by atoms with Crippen LogP contribution in [0.4, 0.5) is 0 Å². The molecule has 1 heterocycles. The van der Waals surface area contributed by atoms with Gasteiger partial charge in [0, 0.05) is 10.8 Å². The van der Waals surface area contributed by atoms with Crippen LogP contribution in [0.1, 0.15) is 13.7 Å². The molecule has 0 saturated heterocycles. The Morgan fingerprint density at radius 1 is 0.362 bits per heavy atom. The summed E-state index contributed by atoms with van der Waals surface area (Å²) in [5, 5.41) is 7.51. The maximum absolute atomic E-state index is 9.64. The summed E-state index contributed by atoms with van der Waals surface area (Å²) in [6, 6.07) is 30.6. The van der Waals surface area contributed by atoms with Gasteiger partial charge in [0.15, 0.2) is 0 Å². The Hall–Kier alpha value is -6.18. The highest BCUT2D eigenvalue weighted by atomic mass is 16.3. The molecular formula is C46H28O. The van der Waals surface area contributed by atoms with Crippen molar-refractivity contribution in [1.82, 2.24) is 0 Å². The summed E-state index contributed by atoms with van der Waals surface area (Å²) in [4.78, 5) is 0. The van der Waals surface area contributed by atoms with Gasteiger partial charge >= 0.3 is 0 Å². The molecule has 0 unspecified atom stereocenters. The molecule has 9 aromatic carbocycles. The van der Waals surface area contributed by atoms with Crippen molar-refractivity contribution in [3.63, 3.8) is 0 Å². The quantitative estimate of drug-likeness (QED) is 0.182. The summed E-state index contributed by atoms with van der Waals surface area (Å²) < 4.78 is 94.4. The zero-order valence-corrected chi connectivity index (χ0v) is 24.8. The van der Waals surface area contributed by atoms with Crippen molar-refractivity contribution >= 4 is 65.0 Å². The molecule has 0 atom stereocenters. The van der Waals surface area contributed by atoms with Gasteiger partial charge in [-0.25, -0.2) is 0 Å². The van der Waals surface area contributed by atoms with E-state index < -0.39 is 48.3 Å². The van der Waals surface area contributed by atoms with E-state index in [0.717, 1.165) is 65.4 Å². The van der Waals surface area contributed by atoms with Crippen LogP contribution < -0.4 is 0 Å². The zero-order chi connectivity index (χ0) is 39.6. The Kier molecular flexibility index (Phi) is 3.91. The van der Waals surface area contributed by atoms with E-state index in [1.54, 1.807) is 0 Å². The van der Waals surface area contributed by atoms with Crippen molar-refractivity contribution in [2.45, 2.75) is 0 Å². The van der Waals surface area contributed by atoms with Crippen molar-refractivity contribution in [3.05, 3.63) is 170 Å². The van der Waals surface area contributed by atoms with Crippen LogP contribution in [0.3, 0.4) is 0 Å². The Bertz CT molecular complexity index is 3340. The lowest BCUT2D eigenvalue weighted by atomic mass is 9.83. The first-order valence-corrected chi connectivity index (χ1v) is 15.4. The molecule has 0 aliphatic carbocycles. The Morgan fingerprint density at radius 2 is 0.979 bits per heavy atom. The largest absolute Gasteiger partial charge is 0.456 e. The van der Waals surface area contributed by atoms with E-state index in [-0.39, 0.29) is 39.5 Å². The summed E-state index contributed by atoms with van der Waals surface area (Å²) in [5.41, 5.74) is 3.71. The SMILES string of the molecule is [2H]c1cc2c(-c3c4ccccc4c(-c4ccc5oc6cc7ccccc7cc6c5c4)c4ccccc34)c([2H])c([2H])c(-c3c([2H])c([2H])c([2H])c([2H])c3[2H])c2c([2H])c1[2H]. The van der Waals surface area contributed by atoms with Crippen molar-refractivity contribution < 1.29 is 18.1 Å². The van der Waals surface area contributed by atoms with Crippen LogP contribution in [-0.2, 0) is 0 Å². The van der Waals surface area contributed by atoms with Crippen LogP contribution in [0.15, 0.2) is 174 Å². The highest BCUT2D eigenvalue weighted by Gasteiger charge is 2.20. The van der Waals surface area contributed by atoms with Gasteiger partial charge in [0.1, 0.15) is 11.2 Å². The minimum atomic E-state index is -0.619. The van der Waals surface area contributed by atoms with Crippen molar-refractivity contribution in [1.29, 1.82) is 0 Å². The lowest BCUT2D eigenvalue weighted by Gasteiger charge is -2.19. The Balaban J connectivity index is 1.33. The number of fused-ring (bicyclic) bond motifs is 7. The third-order valence-electron chi connectivity index (χ3n) is 9.14. The molecule has 0 fully saturated rings. The molecule has 1 heteroatoms. The second-order valence-electron chi connectivity index (χ2n) is 11.7. The van der Waals surface area contributed by atoms with Gasteiger partial charge in [-0.2, -0.15) is 0 Å². The molecule has 0 bridgehead atoms. The number of hydrogen-bond donors (Lipinski definition) is 0. The van der Waals surface area contributed by atoms with E-state index >= 15 is 0 Å². The second-order valence-corrected chi connectivity index (χ2v) is 11.7. The fourth-order valence-electron chi connectivity index (χ4n) is 7.08. The van der Waals surface area contributed by atoms with Gasteiger partial charge in [0.05, 0.1) is 13.7 Å². The van der Waals surface area contributed by atoms with Gasteiger partial charge in [0.2, 0.25) is 0 Å². The predicted molar refractivity (Wildman–Crippen MR) is 200 cm³/mol. The van der Waals surface area contributed by atoms with Crippen LogP contribution in [-0.4, -0.2) is 0 Å². The monoisotopic (exact) mass is 606 g/mol. The third kappa shape index (κ3) is 3.97. The fraction of sp³-hybridized carbons (Fsp3) is 0. The molecule has 0 aliphatic rings. The molecule has 1 aromatic heterocycles. The number of rotatable bonds is 3. The van der Waals surface area contributed by atoms with E-state index in [0.29, 0.717) is 5.56 Å². The van der Waals surface area contributed by atoms with Crippen molar-refractivity contribution in [3.8, 4) is 33.4 Å². The van der Waals surface area contributed by atoms with Crippen molar-refractivity contribution in [2.75, 3.05) is 0 Å². The van der Waals surface area contributed by atoms with E-state index in [1.807, 2.05) is 72.8 Å². The zero-order valence-electron chi connectivity index (χ0n) is 34.8. The topological polar surface area (TPSA) is 13.1 Å². The highest BCUT2D eigenvalue weighted by molar-refractivity contribution is 6.24. The predicted octanol–water partition coefficient (Wildman–Crippen LogP) is 13.2. The summed E-state index contributed by atoms with van der Waals surface area (Å²) >= 11 is 0. The summed E-state index contributed by atoms with van der Waals surface area (Å²) in [5.74, 6) is 0. The average Bonchev–Trinajstić information content (AvgIpc) is 3.58. The number of hydrogen-bond acceptors (Lipinski definition) is 1. The van der Waals surface area contributed by atoms with Gasteiger partial charge in [-0.1, -0.05) is 145 Å². The molecule has 1 nitrogen and oxygen atoms in total. The third-order valence-corrected chi connectivity index (χ3v) is 9.14. The molecule has 10 aromatic rings. The minimum Gasteiger partial charge on any atom is -0.456 e. The molecule has 0 spiro atoms. The van der Waals surface area contributed by atoms with Crippen LogP contribution in [0.2, 0.25) is 0 Å². The van der Waals surface area contributed by atoms with Crippen LogP contribution >= 0.6 is 0 Å². The molecule has 0 amide bonds. The van der Waals surface area contributed by atoms with E-state index in [2.05, 4.69) is 30.3 Å². The van der Waals surface area contributed by atoms with Gasteiger partial charge < -0.3 is 4.42 Å². The van der Waals surface area contributed by atoms with Gasteiger partial charge in [-0.05, 0) is 101 Å². The average molecular weight is 607 g/mol. The minimum absolute atomic E-state index is 0.0346. The molecule has 0 aliphatic heterocycles. The van der Waals surface area contributed by atoms with Crippen LogP contribution in [0.25, 0.3) is 98.4 Å². The highest BCUT2D eigenvalue weighted by Crippen LogP contribution is 2.47. The first kappa shape index (κ1) is 18.1. The van der Waals surface area contributed by atoms with Crippen molar-refractivity contribution in [2.24, 2.45) is 0 Å². The van der Waals surface area contributed by atoms with Gasteiger partial charge in [0.25, 0.3) is 0 Å². The lowest BCUT2D eigenvalue weighted by Crippen LogP contribution is -1.92. The molecule has 47 heavy (non-hydrogen) atoms. The first-order valence-electron chi connectivity index (χ1n) is 20.4. The molecule has 0 N–H and O–H groups in total. The molecule has 218 valence electrons. The smallest absolute Gasteiger partial charge is 0.136 e. The van der Waals surface area contributed by atoms with Crippen LogP contribution in [0, 0.1) is 0 Å². The normalized spacial score (nSPS) is 14.8. The summed E-state index contributed by atoms with van der Waals surface area (Å²) in [6.07, 6.45) is 0. The van der Waals surface area contributed by atoms with Gasteiger partial charge in [-0.15, -0.1) is 0 Å². The fourth-order valence-corrected chi connectivity index (χ4v) is 7.08. The lowest BCUT2D eigenvalue weighted by molar-refractivity contribution is 0.669. The molecule has 10 rings (SSSR count). The standard InChI is InChI=1S/C46H28O/c1-2-12-29(13-3-1)33-23-24-40(35-17-7-6-16-34(33)35)46-38-20-10-8-18-36(38)45(37-19-9-11-21-39(37)46)32-22-25-43-41(27-32)42-26-30-14-4-5-15-31(30)28-44(42)47-43/h1-28H/i1D,2D,3D,6D,7D,12D,13D,16D,23D,24D. The number of furan rings is 1.